The summed E-state index contributed by atoms with van der Waals surface area (Å²) >= 11 is 5.09. The lowest BCUT2D eigenvalue weighted by atomic mass is 10.1. The summed E-state index contributed by atoms with van der Waals surface area (Å²) in [5.41, 5.74) is 1.41. The van der Waals surface area contributed by atoms with E-state index < -0.39 is 5.41 Å². The van der Waals surface area contributed by atoms with Crippen LogP contribution in [0.2, 0.25) is 0 Å². The van der Waals surface area contributed by atoms with E-state index in [4.69, 9.17) is 0 Å². The third kappa shape index (κ3) is 1.96. The van der Waals surface area contributed by atoms with Gasteiger partial charge in [-0.2, -0.15) is 5.26 Å². The van der Waals surface area contributed by atoms with Gasteiger partial charge in [0, 0.05) is 15.5 Å². The predicted molar refractivity (Wildman–Crippen MR) is 74.3 cm³/mol. The van der Waals surface area contributed by atoms with E-state index in [9.17, 15) is 5.26 Å². The zero-order chi connectivity index (χ0) is 12.8. The first-order valence-electron chi connectivity index (χ1n) is 5.65. The maximum absolute atomic E-state index is 9.23. The van der Waals surface area contributed by atoms with Gasteiger partial charge in [-0.25, -0.2) is 9.97 Å². The topological polar surface area (TPSA) is 49.6 Å². The highest BCUT2D eigenvalue weighted by Crippen LogP contribution is 2.46. The summed E-state index contributed by atoms with van der Waals surface area (Å²) in [6.45, 7) is 1.95. The van der Waals surface area contributed by atoms with Gasteiger partial charge in [-0.1, -0.05) is 0 Å². The summed E-state index contributed by atoms with van der Waals surface area (Å²) in [4.78, 5) is 10.1. The summed E-state index contributed by atoms with van der Waals surface area (Å²) < 4.78 is 1.06. The maximum atomic E-state index is 9.23. The molecule has 0 N–H and O–H groups in total. The van der Waals surface area contributed by atoms with E-state index in [2.05, 4.69) is 32.0 Å². The molecular weight excluding hydrogens is 310 g/mol. The first-order valence-corrected chi connectivity index (χ1v) is 7.32. The molecule has 1 fully saturated rings. The lowest BCUT2D eigenvalue weighted by Gasteiger charge is -2.07. The van der Waals surface area contributed by atoms with Crippen LogP contribution >= 0.6 is 27.3 Å². The third-order valence-electron chi connectivity index (χ3n) is 3.07. The summed E-state index contributed by atoms with van der Waals surface area (Å²) in [7, 11) is 0. The fraction of sp³-hybridized carbons (Fsp3) is 0.308. The largest absolute Gasteiger partial charge is 0.236 e. The molecule has 1 aliphatic rings. The van der Waals surface area contributed by atoms with Crippen LogP contribution in [0.4, 0.5) is 0 Å². The van der Waals surface area contributed by atoms with Crippen molar-refractivity contribution < 1.29 is 0 Å². The van der Waals surface area contributed by atoms with Crippen LogP contribution in [0.25, 0.3) is 10.6 Å². The van der Waals surface area contributed by atoms with Gasteiger partial charge in [0.15, 0.2) is 0 Å². The average Bonchev–Trinajstić information content (AvgIpc) is 3.05. The quantitative estimate of drug-likeness (QED) is 0.845. The Hall–Kier alpha value is -1.25. The van der Waals surface area contributed by atoms with Gasteiger partial charge < -0.3 is 0 Å². The highest BCUT2D eigenvalue weighted by Gasteiger charge is 2.48. The standard InChI is InChI=1S/C13H10BrN3S/c1-8-4-10(11-5-9(14)6-18-11)17-12(16-8)13(7-15)2-3-13/h4-6H,2-3H2,1H3. The van der Waals surface area contributed by atoms with Crippen LogP contribution in [0, 0.1) is 18.3 Å². The molecule has 5 heteroatoms. The number of rotatable bonds is 2. The van der Waals surface area contributed by atoms with Gasteiger partial charge >= 0.3 is 0 Å². The number of hydrogen-bond donors (Lipinski definition) is 0. The number of nitrogens with zero attached hydrogens (tertiary/aromatic N) is 3. The SMILES string of the molecule is Cc1cc(-c2cc(Br)cs2)nc(C2(C#N)CC2)n1. The molecule has 2 aromatic heterocycles. The van der Waals surface area contributed by atoms with Crippen LogP contribution in [0.15, 0.2) is 22.0 Å². The second-order valence-corrected chi connectivity index (χ2v) is 6.37. The van der Waals surface area contributed by atoms with Gasteiger partial charge in [-0.05, 0) is 47.8 Å². The Morgan fingerprint density at radius 2 is 2.17 bits per heavy atom. The van der Waals surface area contributed by atoms with Crippen LogP contribution in [0.3, 0.4) is 0 Å². The monoisotopic (exact) mass is 319 g/mol. The summed E-state index contributed by atoms with van der Waals surface area (Å²) in [5.74, 6) is 0.685. The van der Waals surface area contributed by atoms with Crippen molar-refractivity contribution in [2.24, 2.45) is 0 Å². The average molecular weight is 320 g/mol. The van der Waals surface area contributed by atoms with Crippen molar-refractivity contribution in [3.8, 4) is 16.6 Å². The van der Waals surface area contributed by atoms with Gasteiger partial charge in [-0.15, -0.1) is 11.3 Å². The van der Waals surface area contributed by atoms with Gasteiger partial charge in [0.1, 0.15) is 11.2 Å². The van der Waals surface area contributed by atoms with E-state index >= 15 is 0 Å². The number of thiophene rings is 1. The highest BCUT2D eigenvalue weighted by atomic mass is 79.9. The van der Waals surface area contributed by atoms with Crippen molar-refractivity contribution in [2.75, 3.05) is 0 Å². The Kier molecular flexibility index (Phi) is 2.72. The molecule has 3 nitrogen and oxygen atoms in total. The van der Waals surface area contributed by atoms with Crippen molar-refractivity contribution >= 4 is 27.3 Å². The molecule has 0 saturated heterocycles. The molecule has 0 amide bonds. The molecule has 1 saturated carbocycles. The van der Waals surface area contributed by atoms with Gasteiger partial charge in [0.2, 0.25) is 0 Å². The molecule has 0 unspecified atom stereocenters. The van der Waals surface area contributed by atoms with Crippen molar-refractivity contribution in [3.05, 3.63) is 33.5 Å². The lowest BCUT2D eigenvalue weighted by molar-refractivity contribution is 0.790. The molecule has 0 aliphatic heterocycles. The Bertz CT molecular complexity index is 652. The smallest absolute Gasteiger partial charge is 0.149 e. The van der Waals surface area contributed by atoms with E-state index in [0.717, 1.165) is 33.6 Å². The zero-order valence-corrected chi connectivity index (χ0v) is 12.2. The molecule has 0 bridgehead atoms. The maximum Gasteiger partial charge on any atom is 0.149 e. The molecule has 0 aromatic carbocycles. The van der Waals surface area contributed by atoms with E-state index in [1.54, 1.807) is 11.3 Å². The number of halogens is 1. The minimum absolute atomic E-state index is 0.421. The Balaban J connectivity index is 2.10. The molecule has 2 heterocycles. The number of aryl methyl sites for hydroxylation is 1. The first-order chi connectivity index (χ1) is 8.63. The zero-order valence-electron chi connectivity index (χ0n) is 9.77. The predicted octanol–water partition coefficient (Wildman–Crippen LogP) is 3.83. The summed E-state index contributed by atoms with van der Waals surface area (Å²) in [6, 6.07) is 6.36. The molecule has 0 radical (unpaired) electrons. The molecule has 3 rings (SSSR count). The van der Waals surface area contributed by atoms with Crippen LogP contribution in [-0.2, 0) is 5.41 Å². The molecule has 0 spiro atoms. The van der Waals surface area contributed by atoms with Crippen LogP contribution in [0.5, 0.6) is 0 Å². The second-order valence-electron chi connectivity index (χ2n) is 4.54. The van der Waals surface area contributed by atoms with E-state index in [0.29, 0.717) is 5.82 Å². The van der Waals surface area contributed by atoms with Crippen LogP contribution < -0.4 is 0 Å². The number of hydrogen-bond acceptors (Lipinski definition) is 4. The number of aromatic nitrogens is 2. The minimum atomic E-state index is -0.421. The van der Waals surface area contributed by atoms with Crippen molar-refractivity contribution in [1.82, 2.24) is 9.97 Å². The van der Waals surface area contributed by atoms with Gasteiger partial charge in [-0.3, -0.25) is 0 Å². The van der Waals surface area contributed by atoms with Gasteiger partial charge in [0.05, 0.1) is 16.6 Å². The first kappa shape index (κ1) is 11.8. The van der Waals surface area contributed by atoms with E-state index in [1.807, 2.05) is 24.4 Å². The second kappa shape index (κ2) is 4.15. The van der Waals surface area contributed by atoms with Crippen molar-refractivity contribution in [3.63, 3.8) is 0 Å². The van der Waals surface area contributed by atoms with Gasteiger partial charge in [0.25, 0.3) is 0 Å². The van der Waals surface area contributed by atoms with E-state index in [1.165, 1.54) is 0 Å². The fourth-order valence-electron chi connectivity index (χ4n) is 1.87. The third-order valence-corrected chi connectivity index (χ3v) is 4.78. The summed E-state index contributed by atoms with van der Waals surface area (Å²) in [6.07, 6.45) is 1.75. The Morgan fingerprint density at radius 3 is 2.72 bits per heavy atom. The van der Waals surface area contributed by atoms with Crippen LogP contribution in [-0.4, -0.2) is 9.97 Å². The van der Waals surface area contributed by atoms with Crippen LogP contribution in [0.1, 0.15) is 24.4 Å². The number of nitriles is 1. The van der Waals surface area contributed by atoms with Crippen molar-refractivity contribution in [1.29, 1.82) is 5.26 Å². The lowest BCUT2D eigenvalue weighted by Crippen LogP contribution is -2.10. The summed E-state index contributed by atoms with van der Waals surface area (Å²) in [5, 5.41) is 11.3. The molecular formula is C13H10BrN3S. The fourth-order valence-corrected chi connectivity index (χ4v) is 3.26. The molecule has 0 atom stereocenters. The molecule has 90 valence electrons. The highest BCUT2D eigenvalue weighted by molar-refractivity contribution is 9.10. The molecule has 2 aromatic rings. The Labute approximate surface area is 118 Å². The molecule has 18 heavy (non-hydrogen) atoms. The minimum Gasteiger partial charge on any atom is -0.236 e. The normalized spacial score (nSPS) is 16.3. The van der Waals surface area contributed by atoms with E-state index in [-0.39, 0.29) is 0 Å². The molecule has 1 aliphatic carbocycles. The van der Waals surface area contributed by atoms with Crippen molar-refractivity contribution in [2.45, 2.75) is 25.2 Å². The Morgan fingerprint density at radius 1 is 1.39 bits per heavy atom.